The number of nitrogens with zero attached hydrogens (tertiary/aromatic N) is 1. The van der Waals surface area contributed by atoms with Gasteiger partial charge in [-0.1, -0.05) is 35.9 Å². The van der Waals surface area contributed by atoms with Gasteiger partial charge in [0, 0.05) is 0 Å². The lowest BCUT2D eigenvalue weighted by Gasteiger charge is -2.11. The number of imide groups is 1. The average Bonchev–Trinajstić information content (AvgIpc) is 2.96. The number of esters is 1. The van der Waals surface area contributed by atoms with Crippen molar-refractivity contribution in [1.29, 1.82) is 0 Å². The lowest BCUT2D eigenvalue weighted by Crippen LogP contribution is -2.34. The second-order valence-electron chi connectivity index (χ2n) is 6.54. The van der Waals surface area contributed by atoms with Crippen molar-refractivity contribution in [3.63, 3.8) is 0 Å². The van der Waals surface area contributed by atoms with Gasteiger partial charge in [-0.2, -0.15) is 0 Å². The second kappa shape index (κ2) is 9.95. The topological polar surface area (TPSA) is 72.9 Å². The Morgan fingerprint density at radius 3 is 2.57 bits per heavy atom. The van der Waals surface area contributed by atoms with Gasteiger partial charge in [0.2, 0.25) is 0 Å². The van der Waals surface area contributed by atoms with Gasteiger partial charge in [0.05, 0.1) is 16.0 Å². The molecule has 156 valence electrons. The van der Waals surface area contributed by atoms with E-state index < -0.39 is 17.1 Å². The van der Waals surface area contributed by atoms with Crippen molar-refractivity contribution in [3.05, 3.63) is 68.5 Å². The molecular formula is C22H20BrNO5S. The fraction of sp³-hybridized carbons (Fsp3) is 0.227. The Morgan fingerprint density at radius 1 is 1.17 bits per heavy atom. The SMILES string of the molecule is CCOC(=O)CN1C(=O)SC(=Cc2ccc(OCc3ccc(C)cc3)c(Br)c2)C1=O. The van der Waals surface area contributed by atoms with Crippen LogP contribution in [0.4, 0.5) is 4.79 Å². The first-order chi connectivity index (χ1) is 14.4. The zero-order chi connectivity index (χ0) is 21.7. The summed E-state index contributed by atoms with van der Waals surface area (Å²) in [5, 5.41) is -0.489. The number of thioether (sulfide) groups is 1. The number of benzene rings is 2. The number of halogens is 1. The Kier molecular flexibility index (Phi) is 7.33. The van der Waals surface area contributed by atoms with Gasteiger partial charge < -0.3 is 9.47 Å². The normalized spacial score (nSPS) is 15.0. The van der Waals surface area contributed by atoms with E-state index in [9.17, 15) is 14.4 Å². The first-order valence-corrected chi connectivity index (χ1v) is 10.9. The highest BCUT2D eigenvalue weighted by Gasteiger charge is 2.36. The average molecular weight is 490 g/mol. The minimum atomic E-state index is -0.612. The molecule has 6 nitrogen and oxygen atoms in total. The summed E-state index contributed by atoms with van der Waals surface area (Å²) in [4.78, 5) is 37.3. The van der Waals surface area contributed by atoms with Crippen molar-refractivity contribution in [2.24, 2.45) is 0 Å². The van der Waals surface area contributed by atoms with E-state index in [4.69, 9.17) is 9.47 Å². The Hall–Kier alpha value is -2.58. The minimum absolute atomic E-state index is 0.192. The number of hydrogen-bond donors (Lipinski definition) is 0. The molecule has 0 saturated carbocycles. The van der Waals surface area contributed by atoms with Crippen LogP contribution in [-0.4, -0.2) is 35.2 Å². The van der Waals surface area contributed by atoms with Crippen LogP contribution in [0.1, 0.15) is 23.6 Å². The van der Waals surface area contributed by atoms with Crippen molar-refractivity contribution in [3.8, 4) is 5.75 Å². The van der Waals surface area contributed by atoms with Gasteiger partial charge in [0.25, 0.3) is 11.1 Å². The molecule has 3 rings (SSSR count). The van der Waals surface area contributed by atoms with E-state index in [0.717, 1.165) is 32.3 Å². The molecule has 1 aliphatic rings. The first kappa shape index (κ1) is 22.1. The van der Waals surface area contributed by atoms with Gasteiger partial charge in [-0.25, -0.2) is 0 Å². The van der Waals surface area contributed by atoms with Crippen molar-refractivity contribution < 1.29 is 23.9 Å². The van der Waals surface area contributed by atoms with E-state index >= 15 is 0 Å². The van der Waals surface area contributed by atoms with Gasteiger partial charge in [0.15, 0.2) is 0 Å². The molecule has 1 aliphatic heterocycles. The number of amides is 2. The molecule has 0 aromatic heterocycles. The Labute approximate surface area is 187 Å². The summed E-state index contributed by atoms with van der Waals surface area (Å²) < 4.78 is 11.4. The molecule has 1 fully saturated rings. The van der Waals surface area contributed by atoms with Crippen LogP contribution in [0.2, 0.25) is 0 Å². The van der Waals surface area contributed by atoms with E-state index in [1.54, 1.807) is 25.1 Å². The van der Waals surface area contributed by atoms with Gasteiger partial charge in [-0.3, -0.25) is 19.3 Å². The predicted molar refractivity (Wildman–Crippen MR) is 119 cm³/mol. The number of hydrogen-bond acceptors (Lipinski definition) is 6. The number of ether oxygens (including phenoxy) is 2. The summed E-state index contributed by atoms with van der Waals surface area (Å²) >= 11 is 4.29. The molecule has 2 aromatic rings. The van der Waals surface area contributed by atoms with Crippen LogP contribution in [0.15, 0.2) is 51.8 Å². The molecule has 2 aromatic carbocycles. The molecule has 0 atom stereocenters. The maximum absolute atomic E-state index is 12.5. The molecule has 2 amide bonds. The molecule has 1 heterocycles. The minimum Gasteiger partial charge on any atom is -0.488 e. The van der Waals surface area contributed by atoms with Crippen LogP contribution in [0.25, 0.3) is 6.08 Å². The van der Waals surface area contributed by atoms with Crippen LogP contribution in [0.5, 0.6) is 5.75 Å². The summed E-state index contributed by atoms with van der Waals surface area (Å²) in [7, 11) is 0. The molecule has 0 N–H and O–H groups in total. The van der Waals surface area contributed by atoms with Gasteiger partial charge in [-0.05, 0) is 70.9 Å². The third-order valence-corrected chi connectivity index (χ3v) is 5.76. The van der Waals surface area contributed by atoms with Crippen LogP contribution < -0.4 is 4.74 Å². The van der Waals surface area contributed by atoms with Crippen molar-refractivity contribution in [2.45, 2.75) is 20.5 Å². The van der Waals surface area contributed by atoms with Gasteiger partial charge >= 0.3 is 5.97 Å². The van der Waals surface area contributed by atoms with E-state index in [1.165, 1.54) is 5.56 Å². The number of rotatable bonds is 7. The van der Waals surface area contributed by atoms with Crippen molar-refractivity contribution in [1.82, 2.24) is 4.90 Å². The summed E-state index contributed by atoms with van der Waals surface area (Å²) in [6.07, 6.45) is 1.62. The van der Waals surface area contributed by atoms with Crippen LogP contribution >= 0.6 is 27.7 Å². The molecule has 0 bridgehead atoms. The quantitative estimate of drug-likeness (QED) is 0.405. The number of aryl methyl sites for hydroxylation is 1. The summed E-state index contributed by atoms with van der Waals surface area (Å²) in [6, 6.07) is 13.5. The fourth-order valence-corrected chi connectivity index (χ4v) is 4.04. The zero-order valence-electron chi connectivity index (χ0n) is 16.5. The maximum atomic E-state index is 12.5. The lowest BCUT2D eigenvalue weighted by atomic mass is 10.1. The third kappa shape index (κ3) is 5.52. The molecule has 0 radical (unpaired) electrons. The number of carbonyl (C=O) groups is 3. The Balaban J connectivity index is 1.68. The Morgan fingerprint density at radius 2 is 1.90 bits per heavy atom. The lowest BCUT2D eigenvalue weighted by molar-refractivity contribution is -0.145. The third-order valence-electron chi connectivity index (χ3n) is 4.23. The molecule has 8 heteroatoms. The highest BCUT2D eigenvalue weighted by atomic mass is 79.9. The second-order valence-corrected chi connectivity index (χ2v) is 8.38. The molecule has 0 unspecified atom stereocenters. The van der Waals surface area contributed by atoms with Gasteiger partial charge in [0.1, 0.15) is 18.9 Å². The van der Waals surface area contributed by atoms with E-state index in [0.29, 0.717) is 12.4 Å². The zero-order valence-corrected chi connectivity index (χ0v) is 18.9. The van der Waals surface area contributed by atoms with E-state index in [1.807, 2.05) is 37.3 Å². The van der Waals surface area contributed by atoms with Crippen LogP contribution in [-0.2, 0) is 20.9 Å². The molecule has 30 heavy (non-hydrogen) atoms. The van der Waals surface area contributed by atoms with Gasteiger partial charge in [-0.15, -0.1) is 0 Å². The summed E-state index contributed by atoms with van der Waals surface area (Å²) in [5.41, 5.74) is 2.98. The molecule has 0 spiro atoms. The Bertz CT molecular complexity index is 1000. The molecule has 1 saturated heterocycles. The largest absolute Gasteiger partial charge is 0.488 e. The summed E-state index contributed by atoms with van der Waals surface area (Å²) in [5.74, 6) is -0.448. The molecule has 0 aliphatic carbocycles. The maximum Gasteiger partial charge on any atom is 0.326 e. The van der Waals surface area contributed by atoms with Crippen LogP contribution in [0.3, 0.4) is 0 Å². The fourth-order valence-electron chi connectivity index (χ4n) is 2.69. The monoisotopic (exact) mass is 489 g/mol. The molecular weight excluding hydrogens is 470 g/mol. The van der Waals surface area contributed by atoms with Crippen molar-refractivity contribution >= 4 is 50.9 Å². The summed E-state index contributed by atoms with van der Waals surface area (Å²) in [6.45, 7) is 3.94. The first-order valence-electron chi connectivity index (χ1n) is 9.26. The van der Waals surface area contributed by atoms with E-state index in [2.05, 4.69) is 15.9 Å². The van der Waals surface area contributed by atoms with Crippen LogP contribution in [0, 0.1) is 6.92 Å². The van der Waals surface area contributed by atoms with Crippen molar-refractivity contribution in [2.75, 3.05) is 13.2 Å². The standard InChI is InChI=1S/C22H20BrNO5S/c1-3-28-20(25)12-24-21(26)19(30-22(24)27)11-16-8-9-18(17(23)10-16)29-13-15-6-4-14(2)5-7-15/h4-11H,3,12-13H2,1-2H3. The highest BCUT2D eigenvalue weighted by molar-refractivity contribution is 9.10. The predicted octanol–water partition coefficient (Wildman–Crippen LogP) is 4.94. The van der Waals surface area contributed by atoms with E-state index in [-0.39, 0.29) is 18.1 Å². The smallest absolute Gasteiger partial charge is 0.326 e. The highest BCUT2D eigenvalue weighted by Crippen LogP contribution is 2.34. The number of carbonyl (C=O) groups excluding carboxylic acids is 3.